The molecule has 0 amide bonds. The van der Waals surface area contributed by atoms with Crippen molar-refractivity contribution < 1.29 is 32.2 Å². The molecule has 8 nitrogen and oxygen atoms in total. The predicted octanol–water partition coefficient (Wildman–Crippen LogP) is 6.05. The lowest BCUT2D eigenvalue weighted by molar-refractivity contribution is -0.134. The van der Waals surface area contributed by atoms with Crippen LogP contribution in [-0.4, -0.2) is 58.3 Å². The van der Waals surface area contributed by atoms with Gasteiger partial charge in [0.1, 0.15) is 17.3 Å². The Morgan fingerprint density at radius 3 is 2.60 bits per heavy atom. The lowest BCUT2D eigenvalue weighted by Gasteiger charge is -2.32. The smallest absolute Gasteiger partial charge is 0.425 e. The van der Waals surface area contributed by atoms with E-state index >= 15 is 0 Å². The van der Waals surface area contributed by atoms with E-state index in [1.807, 2.05) is 24.3 Å². The SMILES string of the molecule is COC(=O)c1ccc2nc(CN3CCC(c4cccc(OCc5ccc(C(F)(F)F)s5)n4)CC3)n(C[C@@H]3CCO3)c2c1. The van der Waals surface area contributed by atoms with Crippen molar-refractivity contribution in [3.8, 4) is 5.88 Å². The largest absolute Gasteiger partial charge is 0.472 e. The van der Waals surface area contributed by atoms with Crippen molar-refractivity contribution in [2.24, 2.45) is 0 Å². The number of ether oxygens (including phenoxy) is 3. The molecule has 5 heterocycles. The highest BCUT2D eigenvalue weighted by Gasteiger charge is 2.32. The van der Waals surface area contributed by atoms with E-state index in [0.717, 1.165) is 67.6 Å². The number of alkyl halides is 3. The predicted molar refractivity (Wildman–Crippen MR) is 151 cm³/mol. The minimum atomic E-state index is -4.35. The van der Waals surface area contributed by atoms with Crippen molar-refractivity contribution in [3.05, 3.63) is 75.4 Å². The zero-order chi connectivity index (χ0) is 29.3. The maximum absolute atomic E-state index is 12.9. The highest BCUT2D eigenvalue weighted by atomic mass is 32.1. The second-order valence-corrected chi connectivity index (χ2v) is 11.8. The molecule has 0 spiro atoms. The quantitative estimate of drug-likeness (QED) is 0.217. The van der Waals surface area contributed by atoms with E-state index in [-0.39, 0.29) is 24.6 Å². The number of imidazole rings is 1. The van der Waals surface area contributed by atoms with E-state index < -0.39 is 11.1 Å². The molecule has 222 valence electrons. The van der Waals surface area contributed by atoms with Crippen LogP contribution < -0.4 is 4.74 Å². The number of halogens is 3. The first kappa shape index (κ1) is 28.6. The summed E-state index contributed by atoms with van der Waals surface area (Å²) in [4.78, 5) is 24.0. The maximum Gasteiger partial charge on any atom is 0.425 e. The molecule has 0 radical (unpaired) electrons. The molecule has 0 aliphatic carbocycles. The second-order valence-electron chi connectivity index (χ2n) is 10.6. The van der Waals surface area contributed by atoms with Crippen LogP contribution in [0.15, 0.2) is 48.5 Å². The van der Waals surface area contributed by atoms with Crippen LogP contribution in [0.1, 0.15) is 56.8 Å². The highest BCUT2D eigenvalue weighted by molar-refractivity contribution is 7.12. The molecule has 1 atom stereocenters. The van der Waals surface area contributed by atoms with E-state index in [1.54, 1.807) is 12.1 Å². The molecule has 3 aromatic heterocycles. The Hall–Kier alpha value is -3.48. The fraction of sp³-hybridized carbons (Fsp3) is 0.433. The first-order valence-corrected chi connectivity index (χ1v) is 14.8. The molecule has 4 aromatic rings. The van der Waals surface area contributed by atoms with Crippen molar-refractivity contribution in [2.75, 3.05) is 26.8 Å². The van der Waals surface area contributed by atoms with Gasteiger partial charge in [-0.2, -0.15) is 13.2 Å². The van der Waals surface area contributed by atoms with Crippen LogP contribution in [0.4, 0.5) is 13.2 Å². The number of pyridine rings is 1. The lowest BCUT2D eigenvalue weighted by atomic mass is 9.93. The molecule has 6 rings (SSSR count). The molecule has 1 aromatic carbocycles. The summed E-state index contributed by atoms with van der Waals surface area (Å²) in [5, 5.41) is 0. The number of fused-ring (bicyclic) bond motifs is 1. The summed E-state index contributed by atoms with van der Waals surface area (Å²) in [5.41, 5.74) is 3.16. The van der Waals surface area contributed by atoms with Gasteiger partial charge in [0.2, 0.25) is 5.88 Å². The molecule has 2 aliphatic rings. The van der Waals surface area contributed by atoms with Crippen LogP contribution >= 0.6 is 11.3 Å². The number of rotatable bonds is 9. The van der Waals surface area contributed by atoms with E-state index in [2.05, 4.69) is 14.5 Å². The Balaban J connectivity index is 1.09. The van der Waals surface area contributed by atoms with Crippen molar-refractivity contribution in [1.82, 2.24) is 19.4 Å². The van der Waals surface area contributed by atoms with Crippen molar-refractivity contribution in [1.29, 1.82) is 0 Å². The van der Waals surface area contributed by atoms with Crippen molar-refractivity contribution in [3.63, 3.8) is 0 Å². The number of nitrogens with zero attached hydrogens (tertiary/aromatic N) is 4. The normalized spacial score (nSPS) is 18.2. The fourth-order valence-electron chi connectivity index (χ4n) is 5.45. The van der Waals surface area contributed by atoms with Crippen LogP contribution in [0.25, 0.3) is 11.0 Å². The van der Waals surface area contributed by atoms with Gasteiger partial charge in [0.25, 0.3) is 0 Å². The van der Waals surface area contributed by atoms with Crippen LogP contribution in [-0.2, 0) is 35.3 Å². The average molecular weight is 601 g/mol. The number of benzene rings is 1. The number of thiophene rings is 1. The van der Waals surface area contributed by atoms with Gasteiger partial charge < -0.3 is 18.8 Å². The zero-order valence-electron chi connectivity index (χ0n) is 23.1. The monoisotopic (exact) mass is 600 g/mol. The van der Waals surface area contributed by atoms with E-state index in [9.17, 15) is 18.0 Å². The number of carbonyl (C=O) groups excluding carboxylic acids is 1. The molecule has 0 saturated carbocycles. The van der Waals surface area contributed by atoms with Gasteiger partial charge in [-0.05, 0) is 68.8 Å². The van der Waals surface area contributed by atoms with Crippen LogP contribution in [0.3, 0.4) is 0 Å². The number of methoxy groups -OCH3 is 1. The first-order valence-electron chi connectivity index (χ1n) is 13.9. The Kier molecular flexibility index (Phi) is 8.19. The topological polar surface area (TPSA) is 78.7 Å². The molecule has 2 fully saturated rings. The van der Waals surface area contributed by atoms with Gasteiger partial charge in [0.15, 0.2) is 0 Å². The molecule has 42 heavy (non-hydrogen) atoms. The van der Waals surface area contributed by atoms with Crippen LogP contribution in [0.5, 0.6) is 5.88 Å². The van der Waals surface area contributed by atoms with Crippen molar-refractivity contribution >= 4 is 28.3 Å². The van der Waals surface area contributed by atoms with Crippen molar-refractivity contribution in [2.45, 2.75) is 57.2 Å². The standard InChI is InChI=1S/C30H31F3N4O4S/c1-39-29(38)20-5-7-24-25(15-20)37(16-21-11-14-40-21)27(34-24)17-36-12-9-19(10-13-36)23-3-2-4-28(35-23)41-18-22-6-8-26(42-22)30(31,32)33/h2-8,15,19,21H,9-14,16-18H2,1H3/t21-/m0/s1. The van der Waals surface area contributed by atoms with Crippen LogP contribution in [0, 0.1) is 0 Å². The summed E-state index contributed by atoms with van der Waals surface area (Å²) in [6.45, 7) is 3.91. The van der Waals surface area contributed by atoms with Gasteiger partial charge in [0, 0.05) is 29.2 Å². The Bertz CT molecular complexity index is 1560. The number of likely N-dealkylation sites (tertiary alicyclic amines) is 1. The summed E-state index contributed by atoms with van der Waals surface area (Å²) in [5.74, 6) is 1.23. The summed E-state index contributed by atoms with van der Waals surface area (Å²) in [6.07, 6.45) is -1.38. The summed E-state index contributed by atoms with van der Waals surface area (Å²) in [6, 6.07) is 13.6. The second kappa shape index (κ2) is 12.0. The zero-order valence-corrected chi connectivity index (χ0v) is 23.9. The Morgan fingerprint density at radius 1 is 1.10 bits per heavy atom. The van der Waals surface area contributed by atoms with Gasteiger partial charge in [-0.25, -0.2) is 14.8 Å². The molecule has 2 saturated heterocycles. The summed E-state index contributed by atoms with van der Waals surface area (Å²) < 4.78 is 57.2. The van der Waals surface area contributed by atoms with Gasteiger partial charge in [-0.3, -0.25) is 4.90 Å². The van der Waals surface area contributed by atoms with E-state index in [1.165, 1.54) is 13.2 Å². The summed E-state index contributed by atoms with van der Waals surface area (Å²) >= 11 is 0.687. The Morgan fingerprint density at radius 2 is 1.90 bits per heavy atom. The maximum atomic E-state index is 12.9. The molecular weight excluding hydrogens is 569 g/mol. The third-order valence-corrected chi connectivity index (χ3v) is 8.95. The number of hydrogen-bond acceptors (Lipinski definition) is 8. The molecule has 0 unspecified atom stereocenters. The van der Waals surface area contributed by atoms with Crippen LogP contribution in [0.2, 0.25) is 0 Å². The minimum absolute atomic E-state index is 0.0453. The van der Waals surface area contributed by atoms with E-state index in [0.29, 0.717) is 40.7 Å². The molecular formula is C30H31F3N4O4S. The summed E-state index contributed by atoms with van der Waals surface area (Å²) in [7, 11) is 1.38. The number of esters is 1. The highest BCUT2D eigenvalue weighted by Crippen LogP contribution is 2.35. The minimum Gasteiger partial charge on any atom is -0.472 e. The molecule has 12 heteroatoms. The molecule has 0 bridgehead atoms. The van der Waals surface area contributed by atoms with Gasteiger partial charge >= 0.3 is 12.1 Å². The Labute approximate surface area is 245 Å². The lowest BCUT2D eigenvalue weighted by Crippen LogP contribution is -2.35. The molecule has 2 aliphatic heterocycles. The third kappa shape index (κ3) is 6.30. The van der Waals surface area contributed by atoms with Gasteiger partial charge in [0.05, 0.1) is 42.9 Å². The number of piperidine rings is 1. The van der Waals surface area contributed by atoms with E-state index in [4.69, 9.17) is 19.2 Å². The number of aromatic nitrogens is 3. The third-order valence-electron chi connectivity index (χ3n) is 7.85. The number of hydrogen-bond donors (Lipinski definition) is 0. The molecule has 0 N–H and O–H groups in total. The number of carbonyl (C=O) groups is 1. The fourth-order valence-corrected chi connectivity index (χ4v) is 6.24. The first-order chi connectivity index (χ1) is 20.3. The average Bonchev–Trinajstić information content (AvgIpc) is 3.58. The van der Waals surface area contributed by atoms with Gasteiger partial charge in [-0.1, -0.05) is 6.07 Å². The van der Waals surface area contributed by atoms with Gasteiger partial charge in [-0.15, -0.1) is 11.3 Å².